The average molecular weight is 424 g/mol. The van der Waals surface area contributed by atoms with Gasteiger partial charge >= 0.3 is 0 Å². The first-order valence-electron chi connectivity index (χ1n) is 9.07. The van der Waals surface area contributed by atoms with Crippen molar-refractivity contribution < 1.29 is 23.5 Å². The highest BCUT2D eigenvalue weighted by Crippen LogP contribution is 2.34. The smallest absolute Gasteiger partial charge is 0.258 e. The Kier molecular flexibility index (Phi) is 5.85. The molecule has 30 heavy (non-hydrogen) atoms. The average Bonchev–Trinajstić information content (AvgIpc) is 3.21. The van der Waals surface area contributed by atoms with Crippen LogP contribution in [0.2, 0.25) is 0 Å². The Hall–Kier alpha value is -3.52. The zero-order valence-electron chi connectivity index (χ0n) is 15.7. The van der Waals surface area contributed by atoms with E-state index in [4.69, 9.17) is 9.47 Å². The number of carbonyl (C=O) groups is 2. The molecule has 0 fully saturated rings. The standard InChI is InChI=1S/C22H17FN2O4S/c23-18-4-2-1-3-17(18)22(27)25-14-5-8-16(9-6-14)30-12-21(26)24-15-7-10-19-20(11-15)29-13-28-19/h1-11H,12-13H2,(H,24,26)(H,25,27). The number of hydrogen-bond acceptors (Lipinski definition) is 5. The molecule has 2 amide bonds. The van der Waals surface area contributed by atoms with Gasteiger partial charge in [-0.1, -0.05) is 12.1 Å². The number of hydrogen-bond donors (Lipinski definition) is 2. The van der Waals surface area contributed by atoms with Crippen LogP contribution in [0.4, 0.5) is 15.8 Å². The van der Waals surface area contributed by atoms with Gasteiger partial charge in [-0.05, 0) is 48.5 Å². The van der Waals surface area contributed by atoms with E-state index in [1.807, 2.05) is 0 Å². The SMILES string of the molecule is O=C(CSc1ccc(NC(=O)c2ccccc2F)cc1)Nc1ccc2c(c1)OCO2. The normalized spacial score (nSPS) is 11.8. The second-order valence-corrected chi connectivity index (χ2v) is 7.41. The number of halogens is 1. The molecule has 0 saturated carbocycles. The summed E-state index contributed by atoms with van der Waals surface area (Å²) in [6.07, 6.45) is 0. The summed E-state index contributed by atoms with van der Waals surface area (Å²) in [6, 6.07) is 18.0. The van der Waals surface area contributed by atoms with Gasteiger partial charge < -0.3 is 20.1 Å². The van der Waals surface area contributed by atoms with Crippen LogP contribution in [0.25, 0.3) is 0 Å². The van der Waals surface area contributed by atoms with Crippen LogP contribution in [0.5, 0.6) is 11.5 Å². The van der Waals surface area contributed by atoms with Gasteiger partial charge in [0.25, 0.3) is 5.91 Å². The highest BCUT2D eigenvalue weighted by Gasteiger charge is 2.14. The summed E-state index contributed by atoms with van der Waals surface area (Å²) in [6.45, 7) is 0.180. The number of benzene rings is 3. The Labute approximate surface area is 176 Å². The lowest BCUT2D eigenvalue weighted by atomic mass is 10.2. The van der Waals surface area contributed by atoms with Crippen LogP contribution in [0.1, 0.15) is 10.4 Å². The van der Waals surface area contributed by atoms with E-state index in [1.54, 1.807) is 48.5 Å². The summed E-state index contributed by atoms with van der Waals surface area (Å²) >= 11 is 1.36. The lowest BCUT2D eigenvalue weighted by molar-refractivity contribution is -0.113. The number of amides is 2. The first-order chi connectivity index (χ1) is 14.6. The quantitative estimate of drug-likeness (QED) is 0.569. The van der Waals surface area contributed by atoms with Crippen LogP contribution >= 0.6 is 11.8 Å². The van der Waals surface area contributed by atoms with Crippen LogP contribution in [0, 0.1) is 5.82 Å². The Morgan fingerprint density at radius 2 is 1.63 bits per heavy atom. The lowest BCUT2D eigenvalue weighted by Crippen LogP contribution is -2.14. The molecule has 3 aromatic carbocycles. The Morgan fingerprint density at radius 1 is 0.900 bits per heavy atom. The van der Waals surface area contributed by atoms with Crippen molar-refractivity contribution in [1.29, 1.82) is 0 Å². The maximum Gasteiger partial charge on any atom is 0.258 e. The maximum absolute atomic E-state index is 13.7. The van der Waals surface area contributed by atoms with E-state index in [0.717, 1.165) is 4.90 Å². The first-order valence-corrected chi connectivity index (χ1v) is 10.1. The van der Waals surface area contributed by atoms with Gasteiger partial charge in [0.2, 0.25) is 12.7 Å². The molecular formula is C22H17FN2O4S. The molecule has 0 aliphatic carbocycles. The molecular weight excluding hydrogens is 407 g/mol. The van der Waals surface area contributed by atoms with Crippen LogP contribution in [0.3, 0.4) is 0 Å². The molecule has 4 rings (SSSR count). The van der Waals surface area contributed by atoms with Crippen LogP contribution in [-0.2, 0) is 4.79 Å². The predicted molar refractivity (Wildman–Crippen MR) is 113 cm³/mol. The molecule has 1 heterocycles. The summed E-state index contributed by atoms with van der Waals surface area (Å²) < 4.78 is 24.2. The Balaban J connectivity index is 1.29. The molecule has 8 heteroatoms. The number of anilines is 2. The lowest BCUT2D eigenvalue weighted by Gasteiger charge is -2.08. The largest absolute Gasteiger partial charge is 0.454 e. The predicted octanol–water partition coefficient (Wildman–Crippen LogP) is 4.54. The molecule has 1 aliphatic heterocycles. The molecule has 0 bridgehead atoms. The molecule has 3 aromatic rings. The molecule has 152 valence electrons. The fourth-order valence-corrected chi connectivity index (χ4v) is 3.50. The van der Waals surface area contributed by atoms with E-state index in [9.17, 15) is 14.0 Å². The van der Waals surface area contributed by atoms with Crippen molar-refractivity contribution in [3.63, 3.8) is 0 Å². The van der Waals surface area contributed by atoms with Crippen molar-refractivity contribution in [2.45, 2.75) is 4.90 Å². The maximum atomic E-state index is 13.7. The van der Waals surface area contributed by atoms with E-state index in [2.05, 4.69) is 10.6 Å². The zero-order valence-corrected chi connectivity index (χ0v) is 16.5. The third-order valence-electron chi connectivity index (χ3n) is 4.26. The minimum Gasteiger partial charge on any atom is -0.454 e. The van der Waals surface area contributed by atoms with Crippen molar-refractivity contribution in [3.8, 4) is 11.5 Å². The molecule has 0 aromatic heterocycles. The number of rotatable bonds is 6. The molecule has 0 radical (unpaired) electrons. The van der Waals surface area contributed by atoms with Crippen LogP contribution in [-0.4, -0.2) is 24.4 Å². The summed E-state index contributed by atoms with van der Waals surface area (Å²) in [5, 5.41) is 5.47. The van der Waals surface area contributed by atoms with Gasteiger partial charge in [-0.25, -0.2) is 4.39 Å². The van der Waals surface area contributed by atoms with E-state index in [1.165, 1.54) is 30.0 Å². The van der Waals surface area contributed by atoms with Gasteiger partial charge in [0.05, 0.1) is 11.3 Å². The molecule has 0 unspecified atom stereocenters. The van der Waals surface area contributed by atoms with Crippen LogP contribution in [0.15, 0.2) is 71.6 Å². The summed E-state index contributed by atoms with van der Waals surface area (Å²) in [5.41, 5.74) is 1.16. The number of fused-ring (bicyclic) bond motifs is 1. The van der Waals surface area contributed by atoms with E-state index >= 15 is 0 Å². The minimum atomic E-state index is -0.573. The Morgan fingerprint density at radius 3 is 2.43 bits per heavy atom. The fraction of sp³-hybridized carbons (Fsp3) is 0.0909. The topological polar surface area (TPSA) is 76.7 Å². The van der Waals surface area contributed by atoms with E-state index in [0.29, 0.717) is 22.9 Å². The molecule has 0 spiro atoms. The number of ether oxygens (including phenoxy) is 2. The summed E-state index contributed by atoms with van der Waals surface area (Å²) in [7, 11) is 0. The third kappa shape index (κ3) is 4.72. The van der Waals surface area contributed by atoms with Crippen molar-refractivity contribution in [2.24, 2.45) is 0 Å². The van der Waals surface area contributed by atoms with E-state index in [-0.39, 0.29) is 24.0 Å². The second-order valence-electron chi connectivity index (χ2n) is 6.36. The first kappa shape index (κ1) is 19.8. The van der Waals surface area contributed by atoms with Crippen molar-refractivity contribution in [3.05, 3.63) is 78.1 Å². The van der Waals surface area contributed by atoms with Gasteiger partial charge in [-0.3, -0.25) is 9.59 Å². The van der Waals surface area contributed by atoms with Crippen molar-refractivity contribution in [1.82, 2.24) is 0 Å². The van der Waals surface area contributed by atoms with Crippen molar-refractivity contribution >= 4 is 35.0 Å². The van der Waals surface area contributed by atoms with Gasteiger partial charge in [0.15, 0.2) is 11.5 Å². The highest BCUT2D eigenvalue weighted by molar-refractivity contribution is 8.00. The molecule has 1 aliphatic rings. The highest BCUT2D eigenvalue weighted by atomic mass is 32.2. The minimum absolute atomic E-state index is 0.0175. The number of nitrogens with one attached hydrogen (secondary N) is 2. The molecule has 6 nitrogen and oxygen atoms in total. The van der Waals surface area contributed by atoms with Crippen molar-refractivity contribution in [2.75, 3.05) is 23.2 Å². The molecule has 2 N–H and O–H groups in total. The van der Waals surface area contributed by atoms with Gasteiger partial charge in [-0.2, -0.15) is 0 Å². The van der Waals surface area contributed by atoms with Gasteiger partial charge in [0, 0.05) is 22.3 Å². The molecule has 0 atom stereocenters. The van der Waals surface area contributed by atoms with Crippen LogP contribution < -0.4 is 20.1 Å². The fourth-order valence-electron chi connectivity index (χ4n) is 2.80. The van der Waals surface area contributed by atoms with E-state index < -0.39 is 11.7 Å². The second kappa shape index (κ2) is 8.87. The monoisotopic (exact) mass is 424 g/mol. The molecule has 0 saturated heterocycles. The number of carbonyl (C=O) groups excluding carboxylic acids is 2. The Bertz CT molecular complexity index is 1090. The third-order valence-corrected chi connectivity index (χ3v) is 5.27. The number of thioether (sulfide) groups is 1. The van der Waals surface area contributed by atoms with Gasteiger partial charge in [0.1, 0.15) is 5.82 Å². The summed E-state index contributed by atoms with van der Waals surface area (Å²) in [5.74, 6) is 0.233. The zero-order chi connectivity index (χ0) is 20.9. The summed E-state index contributed by atoms with van der Waals surface area (Å²) in [4.78, 5) is 25.2. The van der Waals surface area contributed by atoms with Gasteiger partial charge in [-0.15, -0.1) is 11.8 Å².